The molecule has 0 saturated carbocycles. The predicted molar refractivity (Wildman–Crippen MR) is 219 cm³/mol. The minimum atomic E-state index is 0.706. The van der Waals surface area contributed by atoms with E-state index < -0.39 is 0 Å². The molecule has 1 heterocycles. The van der Waals surface area contributed by atoms with Crippen molar-refractivity contribution in [1.29, 1.82) is 0 Å². The Bertz CT molecular complexity index is 2670. The van der Waals surface area contributed by atoms with Crippen molar-refractivity contribution < 1.29 is 0 Å². The third-order valence-corrected chi connectivity index (χ3v) is 10.0. The quantitative estimate of drug-likeness (QED) is 0.165. The third-order valence-electron chi connectivity index (χ3n) is 10.0. The minimum absolute atomic E-state index is 0.706. The third kappa shape index (κ3) is 5.95. The molecule has 0 saturated heterocycles. The van der Waals surface area contributed by atoms with Gasteiger partial charge in [0.15, 0.2) is 5.82 Å². The molecule has 0 bridgehead atoms. The van der Waals surface area contributed by atoms with Crippen molar-refractivity contribution in [3.63, 3.8) is 0 Å². The highest BCUT2D eigenvalue weighted by atomic mass is 14.9. The van der Waals surface area contributed by atoms with Gasteiger partial charge in [-0.1, -0.05) is 157 Å². The average Bonchev–Trinajstić information content (AvgIpc) is 3.21. The van der Waals surface area contributed by atoms with Gasteiger partial charge in [0, 0.05) is 16.7 Å². The fraction of sp³-hybridized carbons (Fsp3) is 0.0400. The topological polar surface area (TPSA) is 25.8 Å². The van der Waals surface area contributed by atoms with Gasteiger partial charge in [-0.05, 0) is 105 Å². The smallest absolute Gasteiger partial charge is 0.160 e. The van der Waals surface area contributed by atoms with E-state index >= 15 is 0 Å². The molecule has 0 aliphatic carbocycles. The first-order chi connectivity index (χ1) is 25.6. The SMILES string of the molecule is Cc1ccc(-c2ccc(-c3cc(-c4cc(-c5ccccc5)nc(-c5ccccc5)n4)cc(-c4cc5ccccc5c5ccccc45)c3)cc2)c(C)c1. The van der Waals surface area contributed by atoms with Gasteiger partial charge in [-0.2, -0.15) is 0 Å². The predicted octanol–water partition coefficient (Wildman–Crippen LogP) is 13.4. The summed E-state index contributed by atoms with van der Waals surface area (Å²) in [6.45, 7) is 4.33. The van der Waals surface area contributed by atoms with Crippen LogP contribution in [0.5, 0.6) is 0 Å². The van der Waals surface area contributed by atoms with Gasteiger partial charge in [0.25, 0.3) is 0 Å². The molecule has 0 radical (unpaired) electrons. The summed E-state index contributed by atoms with van der Waals surface area (Å²) in [7, 11) is 0. The number of hydrogen-bond donors (Lipinski definition) is 0. The summed E-state index contributed by atoms with van der Waals surface area (Å²) in [5.41, 5.74) is 14.5. The lowest BCUT2D eigenvalue weighted by molar-refractivity contribution is 1.18. The summed E-state index contributed by atoms with van der Waals surface area (Å²) >= 11 is 0. The Labute approximate surface area is 304 Å². The van der Waals surface area contributed by atoms with E-state index in [9.17, 15) is 0 Å². The molecule has 2 nitrogen and oxygen atoms in total. The molecular formula is C50H36N2. The molecule has 1 aromatic heterocycles. The van der Waals surface area contributed by atoms with Gasteiger partial charge in [-0.3, -0.25) is 0 Å². The zero-order valence-corrected chi connectivity index (χ0v) is 29.2. The molecule has 0 amide bonds. The van der Waals surface area contributed by atoms with E-state index in [-0.39, 0.29) is 0 Å². The molecule has 0 unspecified atom stereocenters. The maximum absolute atomic E-state index is 5.24. The van der Waals surface area contributed by atoms with E-state index in [1.54, 1.807) is 0 Å². The van der Waals surface area contributed by atoms with Crippen LogP contribution in [0.2, 0.25) is 0 Å². The summed E-state index contributed by atoms with van der Waals surface area (Å²) in [4.78, 5) is 10.3. The molecule has 0 spiro atoms. The Hall–Kier alpha value is -6.64. The zero-order valence-electron chi connectivity index (χ0n) is 29.2. The fourth-order valence-corrected chi connectivity index (χ4v) is 7.44. The number of aryl methyl sites for hydroxylation is 2. The molecule has 0 atom stereocenters. The molecule has 2 heteroatoms. The van der Waals surface area contributed by atoms with Gasteiger partial charge in [0.2, 0.25) is 0 Å². The summed E-state index contributed by atoms with van der Waals surface area (Å²) in [6.07, 6.45) is 0. The van der Waals surface area contributed by atoms with E-state index in [1.165, 1.54) is 49.4 Å². The molecule has 0 N–H and O–H groups in total. The highest BCUT2D eigenvalue weighted by molar-refractivity contribution is 6.14. The molecule has 246 valence electrons. The Morgan fingerprint density at radius 2 is 0.904 bits per heavy atom. The molecule has 9 aromatic rings. The van der Waals surface area contributed by atoms with Gasteiger partial charge >= 0.3 is 0 Å². The van der Waals surface area contributed by atoms with Gasteiger partial charge in [0.1, 0.15) is 0 Å². The van der Waals surface area contributed by atoms with Crippen molar-refractivity contribution in [2.45, 2.75) is 13.8 Å². The lowest BCUT2D eigenvalue weighted by atomic mass is 9.89. The van der Waals surface area contributed by atoms with Crippen LogP contribution in [-0.2, 0) is 0 Å². The first-order valence-corrected chi connectivity index (χ1v) is 17.8. The number of nitrogens with zero attached hydrogens (tertiary/aromatic N) is 2. The molecule has 0 aliphatic heterocycles. The highest BCUT2D eigenvalue weighted by Gasteiger charge is 2.16. The Balaban J connectivity index is 1.28. The molecular weight excluding hydrogens is 629 g/mol. The van der Waals surface area contributed by atoms with Crippen LogP contribution in [0.25, 0.3) is 88.8 Å². The van der Waals surface area contributed by atoms with Crippen LogP contribution >= 0.6 is 0 Å². The molecule has 9 rings (SSSR count). The Morgan fingerprint density at radius 1 is 0.327 bits per heavy atom. The van der Waals surface area contributed by atoms with Crippen LogP contribution in [0.3, 0.4) is 0 Å². The van der Waals surface area contributed by atoms with Gasteiger partial charge in [-0.15, -0.1) is 0 Å². The first kappa shape index (κ1) is 31.3. The van der Waals surface area contributed by atoms with Crippen LogP contribution in [0.15, 0.2) is 182 Å². The van der Waals surface area contributed by atoms with Crippen molar-refractivity contribution >= 4 is 21.5 Å². The van der Waals surface area contributed by atoms with E-state index in [2.05, 4.69) is 172 Å². The van der Waals surface area contributed by atoms with Crippen LogP contribution < -0.4 is 0 Å². The van der Waals surface area contributed by atoms with E-state index in [0.29, 0.717) is 5.82 Å². The van der Waals surface area contributed by atoms with E-state index in [4.69, 9.17) is 9.97 Å². The lowest BCUT2D eigenvalue weighted by Crippen LogP contribution is -1.96. The van der Waals surface area contributed by atoms with Crippen LogP contribution in [0, 0.1) is 13.8 Å². The van der Waals surface area contributed by atoms with Crippen molar-refractivity contribution in [2.24, 2.45) is 0 Å². The van der Waals surface area contributed by atoms with E-state index in [1.807, 2.05) is 24.3 Å². The minimum Gasteiger partial charge on any atom is -0.228 e. The standard InChI is InChI=1S/C50H36N2/c1-33-21-26-43(34(2)27-33)36-24-22-35(23-25-36)40-28-41(47-31-39-17-9-10-18-44(39)45-19-11-12-20-46(45)47)30-42(29-40)49-32-48(37-13-5-3-6-14-37)51-50(52-49)38-15-7-4-8-16-38/h3-32H,1-2H3. The molecule has 0 aliphatic rings. The number of aromatic nitrogens is 2. The monoisotopic (exact) mass is 664 g/mol. The van der Waals surface area contributed by atoms with Gasteiger partial charge in [-0.25, -0.2) is 9.97 Å². The first-order valence-electron chi connectivity index (χ1n) is 17.8. The zero-order chi connectivity index (χ0) is 35.0. The molecule has 52 heavy (non-hydrogen) atoms. The van der Waals surface area contributed by atoms with Crippen LogP contribution in [0.4, 0.5) is 0 Å². The maximum Gasteiger partial charge on any atom is 0.160 e. The molecule has 8 aromatic carbocycles. The maximum atomic E-state index is 5.24. The normalized spacial score (nSPS) is 11.3. The second kappa shape index (κ2) is 13.2. The van der Waals surface area contributed by atoms with Crippen molar-refractivity contribution in [3.05, 3.63) is 193 Å². The number of fused-ring (bicyclic) bond motifs is 3. The van der Waals surface area contributed by atoms with Gasteiger partial charge in [0.05, 0.1) is 11.4 Å². The number of benzene rings is 8. The Morgan fingerprint density at radius 3 is 1.63 bits per heavy atom. The largest absolute Gasteiger partial charge is 0.228 e. The van der Waals surface area contributed by atoms with Crippen molar-refractivity contribution in [1.82, 2.24) is 9.97 Å². The average molecular weight is 665 g/mol. The molecule has 0 fully saturated rings. The van der Waals surface area contributed by atoms with E-state index in [0.717, 1.165) is 44.8 Å². The number of rotatable bonds is 6. The summed E-state index contributed by atoms with van der Waals surface area (Å²) in [6, 6.07) is 65.1. The highest BCUT2D eigenvalue weighted by Crippen LogP contribution is 2.40. The Kier molecular flexibility index (Phi) is 7.98. The summed E-state index contributed by atoms with van der Waals surface area (Å²) in [5, 5.41) is 4.96. The number of hydrogen-bond acceptors (Lipinski definition) is 2. The fourth-order valence-electron chi connectivity index (χ4n) is 7.44. The van der Waals surface area contributed by atoms with Gasteiger partial charge < -0.3 is 0 Å². The summed E-state index contributed by atoms with van der Waals surface area (Å²) in [5.74, 6) is 0.706. The van der Waals surface area contributed by atoms with Crippen LogP contribution in [0.1, 0.15) is 11.1 Å². The van der Waals surface area contributed by atoms with Crippen molar-refractivity contribution in [3.8, 4) is 67.3 Å². The second-order valence-electron chi connectivity index (χ2n) is 13.6. The summed E-state index contributed by atoms with van der Waals surface area (Å²) < 4.78 is 0. The second-order valence-corrected chi connectivity index (χ2v) is 13.6. The van der Waals surface area contributed by atoms with Crippen molar-refractivity contribution in [2.75, 3.05) is 0 Å². The lowest BCUT2D eigenvalue weighted by Gasteiger charge is -2.16. The van der Waals surface area contributed by atoms with Crippen LogP contribution in [-0.4, -0.2) is 9.97 Å².